The van der Waals surface area contributed by atoms with Gasteiger partial charge in [-0.2, -0.15) is 15.0 Å². The third-order valence-corrected chi connectivity index (χ3v) is 6.04. The first-order valence-corrected chi connectivity index (χ1v) is 10.9. The van der Waals surface area contributed by atoms with Crippen LogP contribution in [-0.2, 0) is 0 Å². The van der Waals surface area contributed by atoms with Crippen LogP contribution in [0.5, 0.6) is 17.4 Å². The molecule has 0 fully saturated rings. The number of nitrogens with one attached hydrogen (secondary N) is 1. The molecule has 2 unspecified atom stereocenters. The molecule has 0 amide bonds. The molecule has 8 heteroatoms. The standard InChI is InChI=1S/C27H21FN4O3/c1-33-21-13-10-17(14-22(21)34-2)25-24-23(16-8-11-18(28)12-9-16)20(15-29)26(30)35-27(24)32(31-25)19-6-4-3-5-7-19/h3-14,20,23,30H,1-2H3. The van der Waals surface area contributed by atoms with Gasteiger partial charge in [0.25, 0.3) is 0 Å². The number of nitriles is 1. The van der Waals surface area contributed by atoms with Crippen molar-refractivity contribution in [2.24, 2.45) is 5.92 Å². The van der Waals surface area contributed by atoms with Crippen LogP contribution in [-0.4, -0.2) is 29.9 Å². The molecule has 1 aliphatic heterocycles. The zero-order valence-corrected chi connectivity index (χ0v) is 19.0. The Morgan fingerprint density at radius 3 is 2.37 bits per heavy atom. The Morgan fingerprint density at radius 2 is 1.71 bits per heavy atom. The van der Waals surface area contributed by atoms with E-state index in [-0.39, 0.29) is 11.7 Å². The summed E-state index contributed by atoms with van der Waals surface area (Å²) in [5.74, 6) is -0.664. The number of nitrogens with zero attached hydrogens (tertiary/aromatic N) is 3. The number of aromatic nitrogens is 2. The summed E-state index contributed by atoms with van der Waals surface area (Å²) in [5.41, 5.74) is 3.33. The number of fused-ring (bicyclic) bond motifs is 1. The van der Waals surface area contributed by atoms with Crippen LogP contribution >= 0.6 is 0 Å². The van der Waals surface area contributed by atoms with E-state index < -0.39 is 11.8 Å². The van der Waals surface area contributed by atoms with Crippen molar-refractivity contribution in [3.8, 4) is 40.4 Å². The van der Waals surface area contributed by atoms with Gasteiger partial charge in [0.05, 0.1) is 31.5 Å². The first kappa shape index (κ1) is 22.2. The molecule has 4 aromatic rings. The summed E-state index contributed by atoms with van der Waals surface area (Å²) in [5, 5.41) is 23.4. The Kier molecular flexibility index (Phi) is 5.67. The van der Waals surface area contributed by atoms with Crippen molar-refractivity contribution >= 4 is 5.90 Å². The predicted octanol–water partition coefficient (Wildman–Crippen LogP) is 5.34. The largest absolute Gasteiger partial charge is 0.493 e. The SMILES string of the molecule is COc1ccc(-c2nn(-c3ccccc3)c3c2C(c2ccc(F)cc2)C(C#N)C(=N)O3)cc1OC. The van der Waals surface area contributed by atoms with Gasteiger partial charge in [0, 0.05) is 11.5 Å². The van der Waals surface area contributed by atoms with Crippen LogP contribution in [0.15, 0.2) is 72.8 Å². The first-order chi connectivity index (χ1) is 17.0. The maximum absolute atomic E-state index is 13.8. The van der Waals surface area contributed by atoms with E-state index in [1.807, 2.05) is 36.4 Å². The molecule has 174 valence electrons. The molecule has 3 aromatic carbocycles. The Balaban J connectivity index is 1.81. The van der Waals surface area contributed by atoms with Crippen molar-refractivity contribution in [1.29, 1.82) is 10.7 Å². The highest BCUT2D eigenvalue weighted by Crippen LogP contribution is 2.48. The average molecular weight is 468 g/mol. The highest BCUT2D eigenvalue weighted by atomic mass is 19.1. The van der Waals surface area contributed by atoms with Crippen molar-refractivity contribution in [2.75, 3.05) is 14.2 Å². The Bertz CT molecular complexity index is 1440. The van der Waals surface area contributed by atoms with Crippen molar-refractivity contribution < 1.29 is 18.6 Å². The minimum absolute atomic E-state index is 0.190. The maximum Gasteiger partial charge on any atom is 0.228 e. The Morgan fingerprint density at radius 1 is 1.00 bits per heavy atom. The fourth-order valence-electron chi connectivity index (χ4n) is 4.38. The van der Waals surface area contributed by atoms with Crippen LogP contribution in [0.3, 0.4) is 0 Å². The second-order valence-electron chi connectivity index (χ2n) is 7.99. The predicted molar refractivity (Wildman–Crippen MR) is 128 cm³/mol. The Labute approximate surface area is 201 Å². The number of hydrogen-bond donors (Lipinski definition) is 1. The number of benzene rings is 3. The van der Waals surface area contributed by atoms with Crippen molar-refractivity contribution in [1.82, 2.24) is 9.78 Å². The van der Waals surface area contributed by atoms with E-state index in [4.69, 9.17) is 24.7 Å². The molecular formula is C27H21FN4O3. The highest BCUT2D eigenvalue weighted by molar-refractivity contribution is 5.87. The van der Waals surface area contributed by atoms with E-state index in [2.05, 4.69) is 6.07 Å². The van der Waals surface area contributed by atoms with Crippen LogP contribution < -0.4 is 14.2 Å². The molecule has 1 aromatic heterocycles. The molecule has 0 aliphatic carbocycles. The summed E-state index contributed by atoms with van der Waals surface area (Å²) in [6.45, 7) is 0. The summed E-state index contributed by atoms with van der Waals surface area (Å²) < 4.78 is 32.2. The van der Waals surface area contributed by atoms with Gasteiger partial charge in [0.2, 0.25) is 11.8 Å². The molecule has 0 saturated carbocycles. The number of halogens is 1. The lowest BCUT2D eigenvalue weighted by Crippen LogP contribution is -2.31. The summed E-state index contributed by atoms with van der Waals surface area (Å²) in [4.78, 5) is 0. The average Bonchev–Trinajstić information content (AvgIpc) is 3.27. The minimum Gasteiger partial charge on any atom is -0.493 e. The van der Waals surface area contributed by atoms with Gasteiger partial charge in [-0.25, -0.2) is 4.39 Å². The number of para-hydroxylation sites is 1. The minimum atomic E-state index is -0.916. The molecule has 0 bridgehead atoms. The van der Waals surface area contributed by atoms with Crippen LogP contribution in [0.1, 0.15) is 17.0 Å². The van der Waals surface area contributed by atoms with E-state index in [9.17, 15) is 9.65 Å². The zero-order valence-electron chi connectivity index (χ0n) is 19.0. The summed E-state index contributed by atoms with van der Waals surface area (Å²) in [7, 11) is 3.11. The zero-order chi connectivity index (χ0) is 24.5. The normalized spacial score (nSPS) is 16.7. The molecule has 0 spiro atoms. The molecule has 0 radical (unpaired) electrons. The number of rotatable bonds is 5. The molecular weight excluding hydrogens is 447 g/mol. The van der Waals surface area contributed by atoms with Crippen LogP contribution in [0, 0.1) is 28.5 Å². The van der Waals surface area contributed by atoms with E-state index in [0.717, 1.165) is 11.3 Å². The van der Waals surface area contributed by atoms with Crippen molar-refractivity contribution in [2.45, 2.75) is 5.92 Å². The lowest BCUT2D eigenvalue weighted by Gasteiger charge is -2.29. The Hall–Kier alpha value is -4.64. The smallest absolute Gasteiger partial charge is 0.228 e. The van der Waals surface area contributed by atoms with Crippen molar-refractivity contribution in [3.63, 3.8) is 0 Å². The topological polar surface area (TPSA) is 93.2 Å². The second kappa shape index (κ2) is 8.95. The van der Waals surface area contributed by atoms with Gasteiger partial charge in [0.1, 0.15) is 17.4 Å². The molecule has 5 rings (SSSR count). The van der Waals surface area contributed by atoms with Gasteiger partial charge in [-0.05, 0) is 48.0 Å². The summed E-state index contributed by atoms with van der Waals surface area (Å²) in [6.07, 6.45) is 0. The number of methoxy groups -OCH3 is 2. The van der Waals surface area contributed by atoms with Gasteiger partial charge >= 0.3 is 0 Å². The van der Waals surface area contributed by atoms with Crippen LogP contribution in [0.4, 0.5) is 4.39 Å². The third kappa shape index (κ3) is 3.77. The fraction of sp³-hybridized carbons (Fsp3) is 0.148. The quantitative estimate of drug-likeness (QED) is 0.427. The fourth-order valence-corrected chi connectivity index (χ4v) is 4.38. The van der Waals surface area contributed by atoms with Crippen LogP contribution in [0.25, 0.3) is 16.9 Å². The van der Waals surface area contributed by atoms with E-state index in [1.165, 1.54) is 12.1 Å². The van der Waals surface area contributed by atoms with E-state index in [1.54, 1.807) is 43.2 Å². The third-order valence-electron chi connectivity index (χ3n) is 6.04. The number of hydrogen-bond acceptors (Lipinski definition) is 6. The lowest BCUT2D eigenvalue weighted by molar-refractivity contribution is 0.355. The molecule has 1 N–H and O–H groups in total. The van der Waals surface area contributed by atoms with Gasteiger partial charge in [-0.1, -0.05) is 30.3 Å². The van der Waals surface area contributed by atoms with Gasteiger partial charge in [0.15, 0.2) is 11.5 Å². The maximum atomic E-state index is 13.8. The number of ether oxygens (including phenoxy) is 3. The second-order valence-corrected chi connectivity index (χ2v) is 7.99. The first-order valence-electron chi connectivity index (χ1n) is 10.9. The monoisotopic (exact) mass is 468 g/mol. The van der Waals surface area contributed by atoms with Crippen LogP contribution in [0.2, 0.25) is 0 Å². The summed E-state index contributed by atoms with van der Waals surface area (Å²) in [6, 6.07) is 23.0. The summed E-state index contributed by atoms with van der Waals surface area (Å²) >= 11 is 0. The molecule has 35 heavy (non-hydrogen) atoms. The molecule has 2 atom stereocenters. The molecule has 1 aliphatic rings. The van der Waals surface area contributed by atoms with Gasteiger partial charge in [-0.3, -0.25) is 5.41 Å². The van der Waals surface area contributed by atoms with Crippen molar-refractivity contribution in [3.05, 3.63) is 89.7 Å². The molecule has 0 saturated heterocycles. The van der Waals surface area contributed by atoms with Gasteiger partial charge < -0.3 is 14.2 Å². The van der Waals surface area contributed by atoms with E-state index in [0.29, 0.717) is 34.2 Å². The molecule has 2 heterocycles. The highest BCUT2D eigenvalue weighted by Gasteiger charge is 2.42. The lowest BCUT2D eigenvalue weighted by atomic mass is 9.79. The van der Waals surface area contributed by atoms with Gasteiger partial charge in [-0.15, -0.1) is 0 Å². The molecule has 7 nitrogen and oxygen atoms in total. The van der Waals surface area contributed by atoms with E-state index >= 15 is 0 Å².